The molecule has 0 aliphatic carbocycles. The molecule has 1 unspecified atom stereocenters. The highest BCUT2D eigenvalue weighted by atomic mass is 32.2. The maximum Gasteiger partial charge on any atom is 0.151 e. The van der Waals surface area contributed by atoms with Gasteiger partial charge in [0.1, 0.15) is 0 Å². The molecule has 0 aliphatic rings. The van der Waals surface area contributed by atoms with Gasteiger partial charge in [0, 0.05) is 10.8 Å². The minimum atomic E-state index is -1.24. The van der Waals surface area contributed by atoms with Gasteiger partial charge in [0.2, 0.25) is 0 Å². The zero-order chi connectivity index (χ0) is 12.3. The third-order valence-electron chi connectivity index (χ3n) is 2.54. The minimum absolute atomic E-state index is 0.0545. The van der Waals surface area contributed by atoms with Gasteiger partial charge in [0.25, 0.3) is 0 Å². The number of aryl methyl sites for hydroxylation is 1. The molecular weight excluding hydrogens is 220 g/mol. The van der Waals surface area contributed by atoms with Crippen molar-refractivity contribution in [2.24, 2.45) is 5.92 Å². The lowest BCUT2D eigenvalue weighted by molar-refractivity contribution is -0.121. The minimum Gasteiger partial charge on any atom is -0.298 e. The fourth-order valence-corrected chi connectivity index (χ4v) is 2.75. The van der Waals surface area contributed by atoms with Crippen molar-refractivity contribution >= 4 is 16.6 Å². The van der Waals surface area contributed by atoms with Crippen LogP contribution < -0.4 is 0 Å². The fraction of sp³-hybridized carbons (Fsp3) is 0.462. The average Bonchev–Trinajstić information content (AvgIpc) is 2.27. The van der Waals surface area contributed by atoms with Gasteiger partial charge in [0.15, 0.2) is 5.78 Å². The van der Waals surface area contributed by atoms with Crippen molar-refractivity contribution in [3.63, 3.8) is 0 Å². The molecule has 3 heteroatoms. The molecule has 1 aromatic rings. The van der Waals surface area contributed by atoms with Crippen LogP contribution in [-0.4, -0.2) is 15.2 Å². The molecule has 2 nitrogen and oxygen atoms in total. The molecule has 0 aliphatic heterocycles. The van der Waals surface area contributed by atoms with Crippen LogP contribution >= 0.6 is 0 Å². The van der Waals surface area contributed by atoms with E-state index in [2.05, 4.69) is 0 Å². The third kappa shape index (κ3) is 3.01. The highest BCUT2D eigenvalue weighted by molar-refractivity contribution is 7.86. The summed E-state index contributed by atoms with van der Waals surface area (Å²) < 4.78 is 12.1. The van der Waals surface area contributed by atoms with Gasteiger partial charge in [-0.15, -0.1) is 0 Å². The first-order valence-corrected chi connectivity index (χ1v) is 6.65. The van der Waals surface area contributed by atoms with E-state index in [1.165, 1.54) is 0 Å². The van der Waals surface area contributed by atoms with Crippen LogP contribution in [0.5, 0.6) is 0 Å². The largest absolute Gasteiger partial charge is 0.298 e. The number of hydrogen-bond donors (Lipinski definition) is 0. The standard InChI is InChI=1S/C13H18O2S/c1-9(2)13(14)11(4)16(15)12-7-5-10(3)6-8-12/h5-9,11H,1-4H3/t11-,16?/m1/s1. The van der Waals surface area contributed by atoms with E-state index in [9.17, 15) is 9.00 Å². The van der Waals surface area contributed by atoms with E-state index in [-0.39, 0.29) is 11.7 Å². The van der Waals surface area contributed by atoms with Gasteiger partial charge in [-0.3, -0.25) is 9.00 Å². The molecule has 0 radical (unpaired) electrons. The number of benzene rings is 1. The lowest BCUT2D eigenvalue weighted by atomic mass is 10.1. The van der Waals surface area contributed by atoms with Gasteiger partial charge >= 0.3 is 0 Å². The van der Waals surface area contributed by atoms with Crippen LogP contribution in [0.15, 0.2) is 29.2 Å². The molecule has 1 aromatic carbocycles. The molecule has 0 heterocycles. The third-order valence-corrected chi connectivity index (χ3v) is 4.16. The van der Waals surface area contributed by atoms with E-state index in [1.807, 2.05) is 45.0 Å². The Labute approximate surface area is 99.5 Å². The Hall–Kier alpha value is -0.960. The Balaban J connectivity index is 2.86. The summed E-state index contributed by atoms with van der Waals surface area (Å²) in [5, 5.41) is -0.428. The highest BCUT2D eigenvalue weighted by Gasteiger charge is 2.23. The second-order valence-electron chi connectivity index (χ2n) is 4.31. The molecule has 16 heavy (non-hydrogen) atoms. The first-order chi connectivity index (χ1) is 7.43. The molecule has 0 saturated heterocycles. The molecule has 0 aromatic heterocycles. The SMILES string of the molecule is Cc1ccc(S(=O)[C@H](C)C(=O)C(C)C)cc1. The van der Waals surface area contributed by atoms with Crippen LogP contribution in [0.1, 0.15) is 26.3 Å². The van der Waals surface area contributed by atoms with E-state index in [0.717, 1.165) is 10.5 Å². The summed E-state index contributed by atoms with van der Waals surface area (Å²) in [5.41, 5.74) is 1.13. The summed E-state index contributed by atoms with van der Waals surface area (Å²) in [4.78, 5) is 12.5. The zero-order valence-electron chi connectivity index (χ0n) is 10.2. The van der Waals surface area contributed by atoms with Crippen molar-refractivity contribution in [3.8, 4) is 0 Å². The van der Waals surface area contributed by atoms with Crippen LogP contribution in [-0.2, 0) is 15.6 Å². The monoisotopic (exact) mass is 238 g/mol. The molecule has 0 N–H and O–H groups in total. The van der Waals surface area contributed by atoms with Gasteiger partial charge in [-0.1, -0.05) is 31.5 Å². The Morgan fingerprint density at radius 2 is 1.62 bits per heavy atom. The second kappa shape index (κ2) is 5.39. The van der Waals surface area contributed by atoms with Crippen molar-refractivity contribution in [3.05, 3.63) is 29.8 Å². The number of rotatable bonds is 4. The number of hydrogen-bond acceptors (Lipinski definition) is 2. The molecule has 0 spiro atoms. The van der Waals surface area contributed by atoms with Crippen LogP contribution in [0.25, 0.3) is 0 Å². The average molecular weight is 238 g/mol. The van der Waals surface area contributed by atoms with Gasteiger partial charge in [-0.05, 0) is 26.0 Å². The molecule has 1 rings (SSSR count). The van der Waals surface area contributed by atoms with Crippen molar-refractivity contribution in [2.75, 3.05) is 0 Å². The van der Waals surface area contributed by atoms with Gasteiger partial charge in [-0.25, -0.2) is 0 Å². The summed E-state index contributed by atoms with van der Waals surface area (Å²) in [6.45, 7) is 7.39. The molecule has 2 atom stereocenters. The molecule has 0 saturated carbocycles. The van der Waals surface area contributed by atoms with Crippen molar-refractivity contribution in [1.29, 1.82) is 0 Å². The number of carbonyl (C=O) groups excluding carboxylic acids is 1. The predicted octanol–water partition coefficient (Wildman–Crippen LogP) is 2.72. The van der Waals surface area contributed by atoms with Crippen LogP contribution in [0, 0.1) is 12.8 Å². The fourth-order valence-electron chi connectivity index (χ4n) is 1.45. The molecule has 0 fully saturated rings. The summed E-state index contributed by atoms with van der Waals surface area (Å²) in [5.74, 6) is -0.0108. The predicted molar refractivity (Wildman–Crippen MR) is 66.9 cm³/mol. The van der Waals surface area contributed by atoms with E-state index in [1.54, 1.807) is 6.92 Å². The van der Waals surface area contributed by atoms with Crippen molar-refractivity contribution in [2.45, 2.75) is 37.8 Å². The van der Waals surface area contributed by atoms with Gasteiger partial charge < -0.3 is 0 Å². The molecule has 88 valence electrons. The maximum atomic E-state index is 12.1. The highest BCUT2D eigenvalue weighted by Crippen LogP contribution is 2.15. The van der Waals surface area contributed by atoms with Crippen LogP contribution in [0.4, 0.5) is 0 Å². The lowest BCUT2D eigenvalue weighted by Crippen LogP contribution is -2.26. The zero-order valence-corrected chi connectivity index (χ0v) is 11.0. The maximum absolute atomic E-state index is 12.1. The second-order valence-corrected chi connectivity index (χ2v) is 6.08. The van der Waals surface area contributed by atoms with E-state index >= 15 is 0 Å². The Morgan fingerprint density at radius 3 is 2.06 bits per heavy atom. The number of Topliss-reactive ketones (excluding diaryl/α,β-unsaturated/α-hetero) is 1. The first kappa shape index (κ1) is 13.1. The topological polar surface area (TPSA) is 34.1 Å². The smallest absolute Gasteiger partial charge is 0.151 e. The first-order valence-electron chi connectivity index (χ1n) is 5.44. The van der Waals surface area contributed by atoms with Crippen LogP contribution in [0.3, 0.4) is 0 Å². The molecular formula is C13H18O2S. The van der Waals surface area contributed by atoms with Gasteiger partial charge in [-0.2, -0.15) is 0 Å². The lowest BCUT2D eigenvalue weighted by Gasteiger charge is -2.12. The Morgan fingerprint density at radius 1 is 1.12 bits per heavy atom. The van der Waals surface area contributed by atoms with E-state index < -0.39 is 16.0 Å². The van der Waals surface area contributed by atoms with Crippen molar-refractivity contribution in [1.82, 2.24) is 0 Å². The Kier molecular flexibility index (Phi) is 4.42. The number of carbonyl (C=O) groups is 1. The summed E-state index contributed by atoms with van der Waals surface area (Å²) in [6.07, 6.45) is 0. The van der Waals surface area contributed by atoms with E-state index in [4.69, 9.17) is 0 Å². The van der Waals surface area contributed by atoms with E-state index in [0.29, 0.717) is 0 Å². The quantitative estimate of drug-likeness (QED) is 0.808. The summed E-state index contributed by atoms with van der Waals surface area (Å²) >= 11 is 0. The van der Waals surface area contributed by atoms with Crippen LogP contribution in [0.2, 0.25) is 0 Å². The molecule has 0 amide bonds. The Bertz CT molecular complexity index is 393. The van der Waals surface area contributed by atoms with Crippen molar-refractivity contribution < 1.29 is 9.00 Å². The molecule has 0 bridgehead atoms. The summed E-state index contributed by atoms with van der Waals surface area (Å²) in [7, 11) is -1.24. The summed E-state index contributed by atoms with van der Waals surface area (Å²) in [6, 6.07) is 7.49. The normalized spacial score (nSPS) is 14.8. The number of ketones is 1. The van der Waals surface area contributed by atoms with Gasteiger partial charge in [0.05, 0.1) is 16.0 Å².